The first-order chi connectivity index (χ1) is 8.42. The number of ether oxygens (including phenoxy) is 1. The highest BCUT2D eigenvalue weighted by molar-refractivity contribution is 5.30. The van der Waals surface area contributed by atoms with Gasteiger partial charge in [0.15, 0.2) is 0 Å². The van der Waals surface area contributed by atoms with Crippen LogP contribution in [-0.2, 0) is 17.8 Å². The van der Waals surface area contributed by atoms with Gasteiger partial charge in [-0.15, -0.1) is 0 Å². The van der Waals surface area contributed by atoms with E-state index in [1.54, 1.807) is 0 Å². The maximum atomic E-state index is 5.48. The second-order valence-electron chi connectivity index (χ2n) is 4.99. The molecule has 0 aromatic heterocycles. The van der Waals surface area contributed by atoms with Crippen LogP contribution in [0.5, 0.6) is 0 Å². The van der Waals surface area contributed by atoms with Gasteiger partial charge in [-0.1, -0.05) is 24.3 Å². The summed E-state index contributed by atoms with van der Waals surface area (Å²) in [5.41, 5.74) is 3.00. The molecule has 0 radical (unpaired) electrons. The smallest absolute Gasteiger partial charge is 0.0620 e. The van der Waals surface area contributed by atoms with Crippen LogP contribution in [0.25, 0.3) is 0 Å². The molecule has 2 aliphatic rings. The van der Waals surface area contributed by atoms with E-state index in [-0.39, 0.29) is 0 Å². The summed E-state index contributed by atoms with van der Waals surface area (Å²) < 4.78 is 5.48. The molecule has 3 rings (SSSR count). The number of hydrogen-bond acceptors (Lipinski definition) is 3. The van der Waals surface area contributed by atoms with E-state index in [4.69, 9.17) is 4.74 Å². The Bertz CT molecular complexity index is 349. The predicted molar refractivity (Wildman–Crippen MR) is 67.8 cm³/mol. The van der Waals surface area contributed by atoms with Gasteiger partial charge >= 0.3 is 0 Å². The molecule has 0 aliphatic carbocycles. The summed E-state index contributed by atoms with van der Waals surface area (Å²) in [6.45, 7) is 6.14. The number of nitrogens with zero attached hydrogens (tertiary/aromatic N) is 1. The van der Waals surface area contributed by atoms with Crippen molar-refractivity contribution in [3.8, 4) is 0 Å². The summed E-state index contributed by atoms with van der Waals surface area (Å²) in [4.78, 5) is 2.53. The molecule has 1 atom stereocenters. The molecule has 1 aromatic carbocycles. The van der Waals surface area contributed by atoms with Gasteiger partial charge in [-0.25, -0.2) is 0 Å². The Morgan fingerprint density at radius 3 is 2.65 bits per heavy atom. The predicted octanol–water partition coefficient (Wildman–Crippen LogP) is 1.38. The molecule has 1 saturated heterocycles. The van der Waals surface area contributed by atoms with Crippen LogP contribution in [0.15, 0.2) is 24.3 Å². The number of fused-ring (bicyclic) bond motifs is 1. The molecule has 0 amide bonds. The fraction of sp³-hybridized carbons (Fsp3) is 0.571. The average molecular weight is 232 g/mol. The Hall–Kier alpha value is -0.900. The Morgan fingerprint density at radius 1 is 1.24 bits per heavy atom. The topological polar surface area (TPSA) is 24.5 Å². The summed E-state index contributed by atoms with van der Waals surface area (Å²) >= 11 is 0. The van der Waals surface area contributed by atoms with Crippen LogP contribution in [0.4, 0.5) is 0 Å². The van der Waals surface area contributed by atoms with Crippen molar-refractivity contribution in [2.45, 2.75) is 25.6 Å². The van der Waals surface area contributed by atoms with Gasteiger partial charge in [0.05, 0.1) is 13.2 Å². The minimum atomic E-state index is 0.549. The SMILES string of the molecule is c1ccc2c(c1)CN(CCC1COCCN1)C2. The van der Waals surface area contributed by atoms with Crippen molar-refractivity contribution in [1.29, 1.82) is 0 Å². The summed E-state index contributed by atoms with van der Waals surface area (Å²) in [6.07, 6.45) is 1.19. The summed E-state index contributed by atoms with van der Waals surface area (Å²) in [6, 6.07) is 9.32. The van der Waals surface area contributed by atoms with Gasteiger partial charge in [-0.3, -0.25) is 4.90 Å². The van der Waals surface area contributed by atoms with Crippen molar-refractivity contribution < 1.29 is 4.74 Å². The second kappa shape index (κ2) is 5.17. The van der Waals surface area contributed by atoms with E-state index >= 15 is 0 Å². The minimum Gasteiger partial charge on any atom is -0.379 e. The molecular weight excluding hydrogens is 212 g/mol. The van der Waals surface area contributed by atoms with Crippen molar-refractivity contribution in [3.05, 3.63) is 35.4 Å². The van der Waals surface area contributed by atoms with E-state index in [1.807, 2.05) is 0 Å². The quantitative estimate of drug-likeness (QED) is 0.852. The molecular formula is C14H20N2O. The van der Waals surface area contributed by atoms with Crippen molar-refractivity contribution in [2.75, 3.05) is 26.3 Å². The fourth-order valence-electron chi connectivity index (χ4n) is 2.71. The maximum absolute atomic E-state index is 5.48. The number of benzene rings is 1. The summed E-state index contributed by atoms with van der Waals surface area (Å²) in [5.74, 6) is 0. The lowest BCUT2D eigenvalue weighted by atomic mass is 10.1. The lowest BCUT2D eigenvalue weighted by Crippen LogP contribution is -2.42. The molecule has 0 bridgehead atoms. The maximum Gasteiger partial charge on any atom is 0.0620 e. The standard InChI is InChI=1S/C14H20N2O/c1-2-4-13-10-16(9-12(13)3-1)7-5-14-11-17-8-6-15-14/h1-4,14-15H,5-11H2. The van der Waals surface area contributed by atoms with Crippen LogP contribution < -0.4 is 5.32 Å². The first-order valence-corrected chi connectivity index (χ1v) is 6.52. The summed E-state index contributed by atoms with van der Waals surface area (Å²) in [5, 5.41) is 3.51. The zero-order valence-electron chi connectivity index (χ0n) is 10.2. The van der Waals surface area contributed by atoms with Crippen LogP contribution in [0.1, 0.15) is 17.5 Å². The van der Waals surface area contributed by atoms with Crippen molar-refractivity contribution in [2.24, 2.45) is 0 Å². The van der Waals surface area contributed by atoms with Crippen LogP contribution in [0, 0.1) is 0 Å². The second-order valence-corrected chi connectivity index (χ2v) is 4.99. The fourth-order valence-corrected chi connectivity index (χ4v) is 2.71. The molecule has 2 heterocycles. The molecule has 1 N–H and O–H groups in total. The minimum absolute atomic E-state index is 0.549. The molecule has 0 spiro atoms. The van der Waals surface area contributed by atoms with E-state index < -0.39 is 0 Å². The van der Waals surface area contributed by atoms with Crippen LogP contribution in [-0.4, -0.2) is 37.2 Å². The van der Waals surface area contributed by atoms with Gasteiger partial charge in [0, 0.05) is 32.2 Å². The van der Waals surface area contributed by atoms with Crippen molar-refractivity contribution in [3.63, 3.8) is 0 Å². The van der Waals surface area contributed by atoms with Gasteiger partial charge in [0.2, 0.25) is 0 Å². The van der Waals surface area contributed by atoms with Crippen molar-refractivity contribution >= 4 is 0 Å². The van der Waals surface area contributed by atoms with Gasteiger partial charge in [-0.2, -0.15) is 0 Å². The zero-order valence-corrected chi connectivity index (χ0v) is 10.2. The molecule has 92 valence electrons. The molecule has 0 saturated carbocycles. The monoisotopic (exact) mass is 232 g/mol. The number of rotatable bonds is 3. The molecule has 1 fully saturated rings. The molecule has 17 heavy (non-hydrogen) atoms. The molecule has 1 aromatic rings. The third-order valence-electron chi connectivity index (χ3n) is 3.70. The van der Waals surface area contributed by atoms with E-state index in [0.717, 1.165) is 39.4 Å². The summed E-state index contributed by atoms with van der Waals surface area (Å²) in [7, 11) is 0. The highest BCUT2D eigenvalue weighted by atomic mass is 16.5. The number of morpholine rings is 1. The Balaban J connectivity index is 1.48. The number of nitrogens with one attached hydrogen (secondary N) is 1. The first kappa shape index (κ1) is 11.2. The lowest BCUT2D eigenvalue weighted by Gasteiger charge is -2.25. The molecule has 3 nitrogen and oxygen atoms in total. The highest BCUT2D eigenvalue weighted by Crippen LogP contribution is 2.22. The van der Waals surface area contributed by atoms with E-state index in [0.29, 0.717) is 6.04 Å². The Kier molecular flexibility index (Phi) is 3.41. The van der Waals surface area contributed by atoms with Crippen molar-refractivity contribution in [1.82, 2.24) is 10.2 Å². The van der Waals surface area contributed by atoms with E-state index in [2.05, 4.69) is 34.5 Å². The third kappa shape index (κ3) is 2.68. The molecule has 2 aliphatic heterocycles. The Labute approximate surface area is 103 Å². The first-order valence-electron chi connectivity index (χ1n) is 6.52. The van der Waals surface area contributed by atoms with Gasteiger partial charge < -0.3 is 10.1 Å². The van der Waals surface area contributed by atoms with Gasteiger partial charge in [-0.05, 0) is 17.5 Å². The Morgan fingerprint density at radius 2 is 2.00 bits per heavy atom. The number of hydrogen-bond donors (Lipinski definition) is 1. The largest absolute Gasteiger partial charge is 0.379 e. The van der Waals surface area contributed by atoms with E-state index in [9.17, 15) is 0 Å². The van der Waals surface area contributed by atoms with Crippen LogP contribution in [0.2, 0.25) is 0 Å². The highest BCUT2D eigenvalue weighted by Gasteiger charge is 2.20. The van der Waals surface area contributed by atoms with Gasteiger partial charge in [0.25, 0.3) is 0 Å². The van der Waals surface area contributed by atoms with Gasteiger partial charge in [0.1, 0.15) is 0 Å². The average Bonchev–Trinajstić information content (AvgIpc) is 2.80. The van der Waals surface area contributed by atoms with E-state index in [1.165, 1.54) is 17.5 Å². The van der Waals surface area contributed by atoms with Crippen LogP contribution in [0.3, 0.4) is 0 Å². The lowest BCUT2D eigenvalue weighted by molar-refractivity contribution is 0.0698. The molecule has 3 heteroatoms. The zero-order chi connectivity index (χ0) is 11.5. The van der Waals surface area contributed by atoms with Crippen LogP contribution >= 0.6 is 0 Å². The molecule has 1 unspecified atom stereocenters. The normalized spacial score (nSPS) is 24.8. The third-order valence-corrected chi connectivity index (χ3v) is 3.70.